The van der Waals surface area contributed by atoms with Gasteiger partial charge in [0.1, 0.15) is 6.33 Å². The van der Waals surface area contributed by atoms with Crippen LogP contribution < -0.4 is 5.69 Å². The molecule has 0 amide bonds. The summed E-state index contributed by atoms with van der Waals surface area (Å²) >= 11 is 0. The van der Waals surface area contributed by atoms with E-state index in [4.69, 9.17) is 0 Å². The van der Waals surface area contributed by atoms with Crippen LogP contribution in [0.25, 0.3) is 0 Å². The molecule has 0 aromatic carbocycles. The third-order valence-corrected chi connectivity index (χ3v) is 0.426. The van der Waals surface area contributed by atoms with Gasteiger partial charge in [-0.3, -0.25) is 4.98 Å². The molecule has 0 fully saturated rings. The van der Waals surface area contributed by atoms with E-state index in [1.54, 1.807) is 0 Å². The minimum absolute atomic E-state index is 0.269. The van der Waals surface area contributed by atoms with Gasteiger partial charge in [0.2, 0.25) is 0 Å². The van der Waals surface area contributed by atoms with Crippen molar-refractivity contribution in [2.45, 2.75) is 0 Å². The van der Waals surface area contributed by atoms with Crippen molar-refractivity contribution in [3.8, 4) is 0 Å². The molecule has 1 aromatic heterocycles. The Hall–Kier alpha value is -1.06. The lowest BCUT2D eigenvalue weighted by Gasteiger charge is -1.49. The average molecular weight is 87.1 g/mol. The largest absolute Gasteiger partial charge is 0.340 e. The minimum atomic E-state index is -0.269. The summed E-state index contributed by atoms with van der Waals surface area (Å²) in [4.78, 5) is 12.2. The van der Waals surface area contributed by atoms with Crippen LogP contribution in [0.5, 0.6) is 0 Å². The Kier molecular flexibility index (Phi) is 0.506. The summed E-state index contributed by atoms with van der Waals surface area (Å²) in [5.74, 6) is 0. The fourth-order valence-electron chi connectivity index (χ4n) is 0.214. The van der Waals surface area contributed by atoms with Crippen LogP contribution in [0.1, 0.15) is 0 Å². The van der Waals surface area contributed by atoms with E-state index in [1.807, 2.05) is 0 Å². The van der Waals surface area contributed by atoms with Crippen LogP contribution in [-0.2, 0) is 0 Å². The molecule has 0 saturated carbocycles. The van der Waals surface area contributed by atoms with E-state index in [1.165, 1.54) is 6.33 Å². The number of rotatable bonds is 0. The van der Waals surface area contributed by atoms with E-state index in [0.717, 1.165) is 0 Å². The number of aromatic nitrogens is 3. The number of hydrogen-bond donors (Lipinski definition) is 2. The molecule has 2 N–H and O–H groups in total. The Morgan fingerprint density at radius 3 is 2.83 bits per heavy atom. The van der Waals surface area contributed by atoms with Gasteiger partial charge in [0, 0.05) is 0 Å². The monoisotopic (exact) mass is 87.0 g/mol. The molecule has 0 aliphatic rings. The van der Waals surface area contributed by atoms with Gasteiger partial charge in [0.15, 0.2) is 0 Å². The summed E-state index contributed by atoms with van der Waals surface area (Å²) in [7, 11) is 0. The predicted molar refractivity (Wildman–Crippen MR) is 19.2 cm³/mol. The van der Waals surface area contributed by atoms with E-state index in [0.29, 0.717) is 0 Å². The number of nitrogens with zero attached hydrogens (tertiary/aromatic N) is 1. The standard InChI is InChI=1S/C2H3N3O/c6-2-3-1-4-5-2/h1H,(H2,3,4,5,6)/i2+2. The van der Waals surface area contributed by atoms with Gasteiger partial charge in [-0.15, -0.1) is 0 Å². The molecule has 0 atom stereocenters. The topological polar surface area (TPSA) is 61.5 Å². The second kappa shape index (κ2) is 0.965. The molecule has 32 valence electrons. The van der Waals surface area contributed by atoms with Crippen molar-refractivity contribution in [1.29, 1.82) is 0 Å². The Morgan fingerprint density at radius 2 is 2.67 bits per heavy atom. The first-order valence-corrected chi connectivity index (χ1v) is 1.47. The van der Waals surface area contributed by atoms with Gasteiger partial charge in [-0.25, -0.2) is 9.89 Å². The van der Waals surface area contributed by atoms with Crippen LogP contribution >= 0.6 is 0 Å². The molecule has 4 heteroatoms. The van der Waals surface area contributed by atoms with Crippen LogP contribution in [0.15, 0.2) is 11.1 Å². The molecule has 0 saturated heterocycles. The van der Waals surface area contributed by atoms with Crippen LogP contribution in [0.4, 0.5) is 0 Å². The van der Waals surface area contributed by atoms with Gasteiger partial charge >= 0.3 is 5.69 Å². The van der Waals surface area contributed by atoms with Gasteiger partial charge in [0.25, 0.3) is 0 Å². The van der Waals surface area contributed by atoms with Crippen molar-refractivity contribution in [2.75, 3.05) is 0 Å². The highest BCUT2D eigenvalue weighted by molar-refractivity contribution is 4.48. The smallest absolute Gasteiger partial charge is 0.296 e. The number of nitrogens with one attached hydrogen (secondary N) is 2. The maximum Gasteiger partial charge on any atom is 0.340 e. The van der Waals surface area contributed by atoms with Gasteiger partial charge in [-0.05, 0) is 0 Å². The molecule has 0 bridgehead atoms. The molecule has 1 rings (SSSR count). The summed E-state index contributed by atoms with van der Waals surface area (Å²) in [5.41, 5.74) is -0.269. The maximum absolute atomic E-state index is 9.90. The van der Waals surface area contributed by atoms with Crippen molar-refractivity contribution < 1.29 is 0 Å². The number of H-pyrrole nitrogens is 2. The summed E-state index contributed by atoms with van der Waals surface area (Å²) in [6, 6.07) is 0. The molecule has 1 aromatic rings. The fourth-order valence-corrected chi connectivity index (χ4v) is 0.214. The van der Waals surface area contributed by atoms with E-state index >= 15 is 0 Å². The van der Waals surface area contributed by atoms with Gasteiger partial charge in [-0.1, -0.05) is 0 Å². The number of hydrogen-bond acceptors (Lipinski definition) is 2. The van der Waals surface area contributed by atoms with Crippen LogP contribution in [0.3, 0.4) is 0 Å². The van der Waals surface area contributed by atoms with E-state index in [2.05, 4.69) is 15.2 Å². The molecule has 6 heavy (non-hydrogen) atoms. The van der Waals surface area contributed by atoms with Crippen molar-refractivity contribution >= 4 is 0 Å². The first-order chi connectivity index (χ1) is 2.89. The summed E-state index contributed by atoms with van der Waals surface area (Å²) in [6.45, 7) is 0. The molecule has 0 aliphatic heterocycles. The highest BCUT2D eigenvalue weighted by Gasteiger charge is 1.70. The lowest BCUT2D eigenvalue weighted by atomic mass is 11.4. The molecule has 0 spiro atoms. The lowest BCUT2D eigenvalue weighted by molar-refractivity contribution is 1.05. The highest BCUT2D eigenvalue weighted by Crippen LogP contribution is 1.42. The predicted octanol–water partition coefficient (Wildman–Crippen LogP) is -0.902. The highest BCUT2D eigenvalue weighted by atomic mass is 16.3. The summed E-state index contributed by atoms with van der Waals surface area (Å²) in [5, 5.41) is 5.47. The van der Waals surface area contributed by atoms with Gasteiger partial charge < -0.3 is 0 Å². The molecule has 0 aliphatic carbocycles. The van der Waals surface area contributed by atoms with E-state index in [9.17, 15) is 4.79 Å². The molecular weight excluding hydrogens is 84.0 g/mol. The van der Waals surface area contributed by atoms with Gasteiger partial charge in [-0.2, -0.15) is 5.10 Å². The quantitative estimate of drug-likeness (QED) is 0.430. The number of aromatic amines is 2. The molecule has 0 unspecified atom stereocenters. The van der Waals surface area contributed by atoms with Crippen molar-refractivity contribution in [2.24, 2.45) is 0 Å². The Labute approximate surface area is 33.2 Å². The zero-order valence-corrected chi connectivity index (χ0v) is 2.93. The Bertz CT molecular complexity index is 147. The zero-order valence-electron chi connectivity index (χ0n) is 2.93. The Balaban J connectivity index is 3.41. The average Bonchev–Trinajstić information content (AvgIpc) is 1.86. The molecule has 0 radical (unpaired) electrons. The maximum atomic E-state index is 9.90. The summed E-state index contributed by atoms with van der Waals surface area (Å²) in [6.07, 6.45) is 1.29. The second-order valence-electron chi connectivity index (χ2n) is 0.843. The lowest BCUT2D eigenvalue weighted by Crippen LogP contribution is -1.99. The SMILES string of the molecule is O=[14c]1[nH]cn[nH]1. The second-order valence-corrected chi connectivity index (χ2v) is 0.843. The molecule has 4 nitrogen and oxygen atoms in total. The van der Waals surface area contributed by atoms with Crippen LogP contribution in [0, 0.1) is 0 Å². The normalized spacial score (nSPS) is 8.67. The zero-order chi connectivity index (χ0) is 4.41. The van der Waals surface area contributed by atoms with Gasteiger partial charge in [0.05, 0.1) is 0 Å². The van der Waals surface area contributed by atoms with Crippen molar-refractivity contribution in [1.82, 2.24) is 15.2 Å². The Morgan fingerprint density at radius 1 is 1.83 bits per heavy atom. The van der Waals surface area contributed by atoms with E-state index in [-0.39, 0.29) is 5.69 Å². The molecular formula is C2H3N3O. The van der Waals surface area contributed by atoms with E-state index < -0.39 is 0 Å². The summed E-state index contributed by atoms with van der Waals surface area (Å²) < 4.78 is 0. The van der Waals surface area contributed by atoms with Crippen LogP contribution in [0.2, 0.25) is 0 Å². The van der Waals surface area contributed by atoms with Crippen molar-refractivity contribution in [3.63, 3.8) is 0 Å². The first-order valence-electron chi connectivity index (χ1n) is 1.47. The minimum Gasteiger partial charge on any atom is -0.296 e. The third-order valence-electron chi connectivity index (χ3n) is 0.426. The third kappa shape index (κ3) is 0.314. The first kappa shape index (κ1) is 3.14. The van der Waals surface area contributed by atoms with Crippen molar-refractivity contribution in [3.05, 3.63) is 16.8 Å². The molecule has 1 heterocycles. The fraction of sp³-hybridized carbons (Fsp3) is 0. The van der Waals surface area contributed by atoms with Crippen LogP contribution in [-0.4, -0.2) is 15.2 Å².